The molecule has 3 N–H and O–H groups in total. The summed E-state index contributed by atoms with van der Waals surface area (Å²) in [6.07, 6.45) is 2.25. The zero-order chi connectivity index (χ0) is 17.9. The van der Waals surface area contributed by atoms with Crippen LogP contribution in [0.1, 0.15) is 26.2 Å². The summed E-state index contributed by atoms with van der Waals surface area (Å²) in [5.41, 5.74) is 5.93. The van der Waals surface area contributed by atoms with E-state index < -0.39 is 0 Å². The number of carbonyl (C=O) groups is 1. The molecular weight excluding hydrogens is 447 g/mol. The van der Waals surface area contributed by atoms with E-state index >= 15 is 0 Å². The average Bonchev–Trinajstić information content (AvgIpc) is 2.63. The highest BCUT2D eigenvalue weighted by atomic mass is 127. The Morgan fingerprint density at radius 1 is 1.31 bits per heavy atom. The molecule has 0 spiro atoms. The van der Waals surface area contributed by atoms with Crippen LogP contribution in [-0.2, 0) is 4.74 Å². The van der Waals surface area contributed by atoms with E-state index in [1.165, 1.54) is 0 Å². The quantitative estimate of drug-likeness (QED) is 0.273. The maximum Gasteiger partial charge on any atom is 0.409 e. The van der Waals surface area contributed by atoms with E-state index in [2.05, 4.69) is 10.3 Å². The number of halogens is 1. The molecule has 2 rings (SSSR count). The van der Waals surface area contributed by atoms with E-state index in [1.807, 2.05) is 37.3 Å². The highest BCUT2D eigenvalue weighted by molar-refractivity contribution is 14.0. The van der Waals surface area contributed by atoms with Crippen molar-refractivity contribution in [1.82, 2.24) is 10.2 Å². The van der Waals surface area contributed by atoms with Crippen molar-refractivity contribution in [3.63, 3.8) is 0 Å². The second kappa shape index (κ2) is 12.6. The number of hydrogen-bond acceptors (Lipinski definition) is 4. The maximum atomic E-state index is 11.7. The summed E-state index contributed by atoms with van der Waals surface area (Å²) in [5, 5.41) is 3.23. The zero-order valence-corrected chi connectivity index (χ0v) is 17.6. The second-order valence-electron chi connectivity index (χ2n) is 5.89. The molecule has 1 amide bonds. The third-order valence-electron chi connectivity index (χ3n) is 3.97. The van der Waals surface area contributed by atoms with Gasteiger partial charge < -0.3 is 25.4 Å². The summed E-state index contributed by atoms with van der Waals surface area (Å²) in [5.74, 6) is 1.32. The van der Waals surface area contributed by atoms with Gasteiger partial charge in [-0.2, -0.15) is 0 Å². The van der Waals surface area contributed by atoms with Gasteiger partial charge in [0.2, 0.25) is 0 Å². The summed E-state index contributed by atoms with van der Waals surface area (Å²) < 4.78 is 10.6. The number of nitrogens with two attached hydrogens (primary N) is 1. The lowest BCUT2D eigenvalue weighted by Crippen LogP contribution is -2.48. The number of benzene rings is 1. The Bertz CT molecular complexity index is 549. The molecule has 0 atom stereocenters. The van der Waals surface area contributed by atoms with Crippen LogP contribution in [-0.4, -0.2) is 55.8 Å². The highest BCUT2D eigenvalue weighted by Gasteiger charge is 2.23. The summed E-state index contributed by atoms with van der Waals surface area (Å²) in [6.45, 7) is 4.80. The molecule has 1 fully saturated rings. The lowest BCUT2D eigenvalue weighted by Gasteiger charge is -2.31. The van der Waals surface area contributed by atoms with Crippen molar-refractivity contribution in [3.8, 4) is 5.75 Å². The topological polar surface area (TPSA) is 89.2 Å². The molecule has 1 saturated heterocycles. The van der Waals surface area contributed by atoms with Gasteiger partial charge in [0.25, 0.3) is 0 Å². The fourth-order valence-electron chi connectivity index (χ4n) is 2.65. The third-order valence-corrected chi connectivity index (χ3v) is 3.97. The Morgan fingerprint density at radius 3 is 2.65 bits per heavy atom. The van der Waals surface area contributed by atoms with Crippen LogP contribution in [0.15, 0.2) is 35.3 Å². The lowest BCUT2D eigenvalue weighted by atomic mass is 10.1. The number of ether oxygens (including phenoxy) is 2. The first-order chi connectivity index (χ1) is 12.2. The van der Waals surface area contributed by atoms with Crippen molar-refractivity contribution >= 4 is 36.0 Å². The second-order valence-corrected chi connectivity index (χ2v) is 5.89. The zero-order valence-electron chi connectivity index (χ0n) is 15.2. The molecule has 1 heterocycles. The van der Waals surface area contributed by atoms with Gasteiger partial charge in [0, 0.05) is 32.1 Å². The molecule has 0 saturated carbocycles. The monoisotopic (exact) mass is 476 g/mol. The Labute approximate surface area is 172 Å². The van der Waals surface area contributed by atoms with Gasteiger partial charge in [-0.15, -0.1) is 24.0 Å². The predicted octanol–water partition coefficient (Wildman–Crippen LogP) is 2.60. The lowest BCUT2D eigenvalue weighted by molar-refractivity contribution is 0.0963. The normalized spacial score (nSPS) is 15.1. The number of amides is 1. The first-order valence-corrected chi connectivity index (χ1v) is 8.85. The molecule has 7 nitrogen and oxygen atoms in total. The first kappa shape index (κ1) is 22.3. The minimum Gasteiger partial charge on any atom is -0.494 e. The van der Waals surface area contributed by atoms with E-state index in [4.69, 9.17) is 15.2 Å². The van der Waals surface area contributed by atoms with Crippen molar-refractivity contribution in [2.45, 2.75) is 32.2 Å². The largest absolute Gasteiger partial charge is 0.494 e. The minimum absolute atomic E-state index is 0. The predicted molar refractivity (Wildman–Crippen MR) is 113 cm³/mol. The van der Waals surface area contributed by atoms with Crippen LogP contribution in [0.2, 0.25) is 0 Å². The number of para-hydroxylation sites is 1. The number of likely N-dealkylation sites (tertiary alicyclic amines) is 1. The fourth-order valence-corrected chi connectivity index (χ4v) is 2.65. The van der Waals surface area contributed by atoms with Gasteiger partial charge in [0.05, 0.1) is 13.2 Å². The molecule has 0 unspecified atom stereocenters. The molecule has 0 bridgehead atoms. The third kappa shape index (κ3) is 8.11. The fraction of sp³-hybridized carbons (Fsp3) is 0.556. The van der Waals surface area contributed by atoms with Crippen LogP contribution in [0, 0.1) is 0 Å². The molecule has 146 valence electrons. The van der Waals surface area contributed by atoms with Crippen molar-refractivity contribution in [2.24, 2.45) is 10.7 Å². The number of aliphatic imine (C=N–C) groups is 1. The number of hydrogen-bond donors (Lipinski definition) is 2. The number of rotatable bonds is 7. The van der Waals surface area contributed by atoms with Crippen LogP contribution in [0.4, 0.5) is 4.79 Å². The Kier molecular flexibility index (Phi) is 10.8. The van der Waals surface area contributed by atoms with E-state index in [1.54, 1.807) is 4.90 Å². The Hall–Kier alpha value is -1.71. The van der Waals surface area contributed by atoms with E-state index in [0.717, 1.165) is 25.0 Å². The van der Waals surface area contributed by atoms with Gasteiger partial charge in [0.15, 0.2) is 5.96 Å². The molecule has 1 aliphatic rings. The van der Waals surface area contributed by atoms with Gasteiger partial charge in [-0.05, 0) is 31.9 Å². The van der Waals surface area contributed by atoms with Gasteiger partial charge in [-0.25, -0.2) is 4.79 Å². The Balaban J connectivity index is 0.00000338. The van der Waals surface area contributed by atoms with Crippen LogP contribution < -0.4 is 15.8 Å². The smallest absolute Gasteiger partial charge is 0.409 e. The number of guanidine groups is 1. The summed E-state index contributed by atoms with van der Waals surface area (Å²) in [4.78, 5) is 17.7. The van der Waals surface area contributed by atoms with Crippen molar-refractivity contribution < 1.29 is 14.3 Å². The van der Waals surface area contributed by atoms with Gasteiger partial charge >= 0.3 is 6.09 Å². The number of piperidine rings is 1. The van der Waals surface area contributed by atoms with Crippen molar-refractivity contribution in [1.29, 1.82) is 0 Å². The molecule has 1 aromatic rings. The molecule has 0 radical (unpaired) electrons. The summed E-state index contributed by atoms with van der Waals surface area (Å²) >= 11 is 0. The highest BCUT2D eigenvalue weighted by Crippen LogP contribution is 2.11. The Morgan fingerprint density at radius 2 is 2.00 bits per heavy atom. The van der Waals surface area contributed by atoms with Crippen LogP contribution in [0.3, 0.4) is 0 Å². The molecular formula is C18H29IN4O3. The number of nitrogens with zero attached hydrogens (tertiary/aromatic N) is 2. The van der Waals surface area contributed by atoms with Crippen molar-refractivity contribution in [2.75, 3.05) is 32.8 Å². The molecule has 0 aromatic heterocycles. The van der Waals surface area contributed by atoms with Crippen molar-refractivity contribution in [3.05, 3.63) is 30.3 Å². The number of carbonyl (C=O) groups excluding carboxylic acids is 1. The molecule has 26 heavy (non-hydrogen) atoms. The summed E-state index contributed by atoms with van der Waals surface area (Å²) in [7, 11) is 0. The van der Waals surface area contributed by atoms with Gasteiger partial charge in [0.1, 0.15) is 5.75 Å². The maximum absolute atomic E-state index is 11.7. The average molecular weight is 476 g/mol. The molecule has 0 aliphatic carbocycles. The van der Waals surface area contributed by atoms with Crippen LogP contribution in [0.25, 0.3) is 0 Å². The van der Waals surface area contributed by atoms with E-state index in [-0.39, 0.29) is 36.1 Å². The van der Waals surface area contributed by atoms with E-state index in [0.29, 0.717) is 38.8 Å². The van der Waals surface area contributed by atoms with Crippen LogP contribution >= 0.6 is 24.0 Å². The van der Waals surface area contributed by atoms with Crippen LogP contribution in [0.5, 0.6) is 5.75 Å². The molecule has 8 heteroatoms. The van der Waals surface area contributed by atoms with Gasteiger partial charge in [-0.1, -0.05) is 18.2 Å². The standard InChI is InChI=1S/C18H28N4O3.HI/c1-2-24-18(23)22-12-9-15(10-13-22)21-17(19)20-11-6-14-25-16-7-4-3-5-8-16;/h3-5,7-8,15H,2,6,9-14H2,1H3,(H3,19,20,21);1H. The SMILES string of the molecule is CCOC(=O)N1CCC(NC(N)=NCCCOc2ccccc2)CC1.I. The number of nitrogens with one attached hydrogen (secondary N) is 1. The molecule has 1 aromatic carbocycles. The minimum atomic E-state index is -0.235. The first-order valence-electron chi connectivity index (χ1n) is 8.85. The molecule has 1 aliphatic heterocycles. The summed E-state index contributed by atoms with van der Waals surface area (Å²) in [6, 6.07) is 9.96. The van der Waals surface area contributed by atoms with E-state index in [9.17, 15) is 4.79 Å². The van der Waals surface area contributed by atoms with Gasteiger partial charge in [-0.3, -0.25) is 4.99 Å².